The second kappa shape index (κ2) is 3.09. The molecule has 3 nitrogen and oxygen atoms in total. The molecule has 68 valence electrons. The van der Waals surface area contributed by atoms with Gasteiger partial charge in [0.05, 0.1) is 0 Å². The predicted molar refractivity (Wildman–Crippen MR) is 50.7 cm³/mol. The minimum absolute atomic E-state index is 0.183. The highest BCUT2D eigenvalue weighted by Gasteiger charge is 2.23. The van der Waals surface area contributed by atoms with Crippen molar-refractivity contribution < 1.29 is 5.21 Å². The fraction of sp³-hybridized carbons (Fsp3) is 0.300. The largest absolute Gasteiger partial charge is 0.409 e. The molecule has 3 heteroatoms. The second-order valence-electron chi connectivity index (χ2n) is 3.40. The fourth-order valence-electron chi connectivity index (χ4n) is 1.85. The molecule has 0 fully saturated rings. The van der Waals surface area contributed by atoms with Crippen molar-refractivity contribution in [2.45, 2.75) is 12.8 Å². The average molecular weight is 176 g/mol. The Morgan fingerprint density at radius 3 is 2.31 bits per heavy atom. The van der Waals surface area contributed by atoms with Gasteiger partial charge in [-0.2, -0.15) is 0 Å². The zero-order valence-corrected chi connectivity index (χ0v) is 7.27. The number of oxime groups is 1. The number of nitrogens with two attached hydrogens (primary N) is 1. The molecule has 1 aromatic rings. The van der Waals surface area contributed by atoms with Crippen molar-refractivity contribution in [3.8, 4) is 0 Å². The molecule has 0 spiro atoms. The molecule has 1 aliphatic carbocycles. The third-order valence-corrected chi connectivity index (χ3v) is 2.58. The Morgan fingerprint density at radius 1 is 1.31 bits per heavy atom. The van der Waals surface area contributed by atoms with Gasteiger partial charge in [0.15, 0.2) is 0 Å². The van der Waals surface area contributed by atoms with E-state index in [0.29, 0.717) is 5.84 Å². The minimum atomic E-state index is 0.183. The van der Waals surface area contributed by atoms with E-state index in [-0.39, 0.29) is 5.92 Å². The van der Waals surface area contributed by atoms with E-state index in [0.717, 1.165) is 12.8 Å². The minimum Gasteiger partial charge on any atom is -0.409 e. The second-order valence-corrected chi connectivity index (χ2v) is 3.40. The van der Waals surface area contributed by atoms with E-state index in [4.69, 9.17) is 10.9 Å². The highest BCUT2D eigenvalue weighted by atomic mass is 16.4. The molecule has 0 aromatic heterocycles. The molecule has 1 aliphatic rings. The Morgan fingerprint density at radius 2 is 1.85 bits per heavy atom. The molecular formula is C10H12N2O. The maximum Gasteiger partial charge on any atom is 0.142 e. The summed E-state index contributed by atoms with van der Waals surface area (Å²) in [5.74, 6) is 0.526. The van der Waals surface area contributed by atoms with E-state index >= 15 is 0 Å². The summed E-state index contributed by atoms with van der Waals surface area (Å²) in [7, 11) is 0. The van der Waals surface area contributed by atoms with Crippen molar-refractivity contribution in [1.82, 2.24) is 0 Å². The van der Waals surface area contributed by atoms with Gasteiger partial charge in [-0.15, -0.1) is 0 Å². The monoisotopic (exact) mass is 176 g/mol. The van der Waals surface area contributed by atoms with Crippen molar-refractivity contribution in [3.05, 3.63) is 35.4 Å². The lowest BCUT2D eigenvalue weighted by atomic mass is 10.1. The van der Waals surface area contributed by atoms with Gasteiger partial charge in [-0.1, -0.05) is 29.4 Å². The SMILES string of the molecule is N/C(=N\O)C1Cc2ccccc2C1. The van der Waals surface area contributed by atoms with E-state index in [2.05, 4.69) is 17.3 Å². The smallest absolute Gasteiger partial charge is 0.142 e. The Hall–Kier alpha value is -1.51. The van der Waals surface area contributed by atoms with E-state index < -0.39 is 0 Å². The van der Waals surface area contributed by atoms with E-state index in [9.17, 15) is 0 Å². The van der Waals surface area contributed by atoms with Gasteiger partial charge in [0.2, 0.25) is 0 Å². The lowest BCUT2D eigenvalue weighted by molar-refractivity contribution is 0.314. The van der Waals surface area contributed by atoms with Gasteiger partial charge >= 0.3 is 0 Å². The first-order chi connectivity index (χ1) is 6.31. The number of amidine groups is 1. The highest BCUT2D eigenvalue weighted by Crippen LogP contribution is 2.26. The van der Waals surface area contributed by atoms with Crippen LogP contribution in [-0.2, 0) is 12.8 Å². The number of fused-ring (bicyclic) bond motifs is 1. The van der Waals surface area contributed by atoms with Crippen LogP contribution in [0.3, 0.4) is 0 Å². The normalized spacial score (nSPS) is 17.4. The molecular weight excluding hydrogens is 164 g/mol. The van der Waals surface area contributed by atoms with Gasteiger partial charge in [0.25, 0.3) is 0 Å². The van der Waals surface area contributed by atoms with Gasteiger partial charge in [0.1, 0.15) is 5.84 Å². The predicted octanol–water partition coefficient (Wildman–Crippen LogP) is 1.15. The molecule has 0 unspecified atom stereocenters. The highest BCUT2D eigenvalue weighted by molar-refractivity contribution is 5.83. The zero-order chi connectivity index (χ0) is 9.26. The summed E-state index contributed by atoms with van der Waals surface area (Å²) in [6.07, 6.45) is 1.79. The summed E-state index contributed by atoms with van der Waals surface area (Å²) in [6.45, 7) is 0. The molecule has 0 aliphatic heterocycles. The van der Waals surface area contributed by atoms with Crippen LogP contribution in [0.25, 0.3) is 0 Å². The molecule has 0 heterocycles. The molecule has 0 radical (unpaired) electrons. The standard InChI is InChI=1S/C10H12N2O/c11-10(12-13)9-5-7-3-1-2-4-8(7)6-9/h1-4,9,13H,5-6H2,(H2,11,12). The zero-order valence-electron chi connectivity index (χ0n) is 7.27. The summed E-state index contributed by atoms with van der Waals surface area (Å²) < 4.78 is 0. The van der Waals surface area contributed by atoms with Gasteiger partial charge in [-0.3, -0.25) is 0 Å². The van der Waals surface area contributed by atoms with E-state index in [1.54, 1.807) is 0 Å². The van der Waals surface area contributed by atoms with Crippen molar-refractivity contribution in [2.24, 2.45) is 16.8 Å². The van der Waals surface area contributed by atoms with Crippen LogP contribution in [-0.4, -0.2) is 11.0 Å². The number of hydrogen-bond acceptors (Lipinski definition) is 2. The van der Waals surface area contributed by atoms with Crippen molar-refractivity contribution in [3.63, 3.8) is 0 Å². The first kappa shape index (κ1) is 8.10. The van der Waals surface area contributed by atoms with E-state index in [1.165, 1.54) is 11.1 Å². The molecule has 0 saturated carbocycles. The number of nitrogens with zero attached hydrogens (tertiary/aromatic N) is 1. The number of rotatable bonds is 1. The first-order valence-electron chi connectivity index (χ1n) is 4.35. The van der Waals surface area contributed by atoms with Gasteiger partial charge in [0, 0.05) is 5.92 Å². The van der Waals surface area contributed by atoms with Gasteiger partial charge in [-0.05, 0) is 24.0 Å². The Kier molecular flexibility index (Phi) is 1.93. The third-order valence-electron chi connectivity index (χ3n) is 2.58. The third kappa shape index (κ3) is 1.37. The molecule has 0 atom stereocenters. The van der Waals surface area contributed by atoms with Gasteiger partial charge < -0.3 is 10.9 Å². The number of benzene rings is 1. The van der Waals surface area contributed by atoms with Crippen LogP contribution < -0.4 is 5.73 Å². The fourth-order valence-corrected chi connectivity index (χ4v) is 1.85. The Balaban J connectivity index is 2.23. The van der Waals surface area contributed by atoms with Crippen molar-refractivity contribution in [1.29, 1.82) is 0 Å². The summed E-state index contributed by atoms with van der Waals surface area (Å²) in [5.41, 5.74) is 8.19. The average Bonchev–Trinajstić information content (AvgIpc) is 2.59. The molecule has 2 rings (SSSR count). The molecule has 1 aromatic carbocycles. The van der Waals surface area contributed by atoms with Crippen LogP contribution in [0.2, 0.25) is 0 Å². The molecule has 0 saturated heterocycles. The Bertz CT molecular complexity index is 322. The van der Waals surface area contributed by atoms with Crippen LogP contribution in [0.15, 0.2) is 29.4 Å². The molecule has 13 heavy (non-hydrogen) atoms. The van der Waals surface area contributed by atoms with Crippen molar-refractivity contribution in [2.75, 3.05) is 0 Å². The summed E-state index contributed by atoms with van der Waals surface area (Å²) in [6, 6.07) is 8.24. The first-order valence-corrected chi connectivity index (χ1v) is 4.35. The van der Waals surface area contributed by atoms with Gasteiger partial charge in [-0.25, -0.2) is 0 Å². The van der Waals surface area contributed by atoms with Crippen LogP contribution in [0.4, 0.5) is 0 Å². The number of hydrogen-bond donors (Lipinski definition) is 2. The summed E-state index contributed by atoms with van der Waals surface area (Å²) in [4.78, 5) is 0. The molecule has 0 amide bonds. The topological polar surface area (TPSA) is 58.6 Å². The Labute approximate surface area is 76.9 Å². The van der Waals surface area contributed by atoms with E-state index in [1.807, 2.05) is 12.1 Å². The lowest BCUT2D eigenvalue weighted by Gasteiger charge is -2.04. The van der Waals surface area contributed by atoms with Crippen LogP contribution in [0.5, 0.6) is 0 Å². The maximum absolute atomic E-state index is 8.54. The van der Waals surface area contributed by atoms with Crippen LogP contribution in [0.1, 0.15) is 11.1 Å². The van der Waals surface area contributed by atoms with Crippen LogP contribution in [0, 0.1) is 5.92 Å². The van der Waals surface area contributed by atoms with Crippen molar-refractivity contribution >= 4 is 5.84 Å². The summed E-state index contributed by atoms with van der Waals surface area (Å²) >= 11 is 0. The van der Waals surface area contributed by atoms with Crippen LogP contribution >= 0.6 is 0 Å². The molecule has 0 bridgehead atoms. The molecule has 3 N–H and O–H groups in total. The lowest BCUT2D eigenvalue weighted by Crippen LogP contribution is -2.23. The summed E-state index contributed by atoms with van der Waals surface area (Å²) in [5, 5.41) is 11.6. The quantitative estimate of drug-likeness (QED) is 0.292. The maximum atomic E-state index is 8.54.